The van der Waals surface area contributed by atoms with E-state index >= 15 is 0 Å². The van der Waals surface area contributed by atoms with Crippen molar-refractivity contribution in [2.45, 2.75) is 39.5 Å². The molecule has 0 aliphatic heterocycles. The first-order chi connectivity index (χ1) is 9.20. The SMILES string of the molecule is CCCCOP(=O)(OCCCC)[Te]c1ccccc1. The first-order valence-electron chi connectivity index (χ1n) is 6.84. The third-order valence-corrected chi connectivity index (χ3v) is 10.2. The zero-order valence-corrected chi connectivity index (χ0v) is 14.9. The van der Waals surface area contributed by atoms with E-state index in [1.807, 2.05) is 30.3 Å². The van der Waals surface area contributed by atoms with Gasteiger partial charge in [-0.1, -0.05) is 0 Å². The maximum atomic E-state index is 12.7. The van der Waals surface area contributed by atoms with Crippen molar-refractivity contribution >= 4 is 29.3 Å². The molecule has 0 fully saturated rings. The topological polar surface area (TPSA) is 35.5 Å². The van der Waals surface area contributed by atoms with E-state index in [-0.39, 0.29) is 0 Å². The predicted octanol–water partition coefficient (Wildman–Crippen LogP) is 3.76. The summed E-state index contributed by atoms with van der Waals surface area (Å²) in [5.74, 6) is 0. The number of hydrogen-bond donors (Lipinski definition) is 0. The average molecular weight is 398 g/mol. The fourth-order valence-corrected chi connectivity index (χ4v) is 8.49. The Morgan fingerprint density at radius 1 is 1.00 bits per heavy atom. The van der Waals surface area contributed by atoms with Gasteiger partial charge in [-0.05, 0) is 0 Å². The molecule has 0 heterocycles. The van der Waals surface area contributed by atoms with Gasteiger partial charge in [-0.2, -0.15) is 0 Å². The second kappa shape index (κ2) is 9.97. The molecule has 1 rings (SSSR count). The summed E-state index contributed by atoms with van der Waals surface area (Å²) in [5.41, 5.74) is 0. The van der Waals surface area contributed by atoms with Crippen LogP contribution in [0.5, 0.6) is 0 Å². The van der Waals surface area contributed by atoms with Crippen molar-refractivity contribution < 1.29 is 13.6 Å². The molecule has 0 spiro atoms. The van der Waals surface area contributed by atoms with Crippen LogP contribution in [0.3, 0.4) is 0 Å². The number of unbranched alkanes of at least 4 members (excludes halogenated alkanes) is 2. The fourth-order valence-electron chi connectivity index (χ4n) is 1.34. The van der Waals surface area contributed by atoms with Gasteiger partial charge in [0.2, 0.25) is 0 Å². The fraction of sp³-hybridized carbons (Fsp3) is 0.571. The van der Waals surface area contributed by atoms with Gasteiger partial charge in [-0.3, -0.25) is 0 Å². The molecule has 0 N–H and O–H groups in total. The van der Waals surface area contributed by atoms with Crippen LogP contribution in [-0.2, 0) is 13.6 Å². The Labute approximate surface area is 126 Å². The van der Waals surface area contributed by atoms with Crippen molar-refractivity contribution in [2.75, 3.05) is 13.2 Å². The number of hydrogen-bond acceptors (Lipinski definition) is 3. The Bertz CT molecular complexity index is 370. The van der Waals surface area contributed by atoms with Crippen molar-refractivity contribution in [3.05, 3.63) is 30.3 Å². The summed E-state index contributed by atoms with van der Waals surface area (Å²) in [4.78, 5) is 0. The summed E-state index contributed by atoms with van der Waals surface area (Å²) < 4.78 is 25.1. The van der Waals surface area contributed by atoms with Gasteiger partial charge in [0.25, 0.3) is 0 Å². The molecule has 3 nitrogen and oxygen atoms in total. The molecule has 0 unspecified atom stereocenters. The van der Waals surface area contributed by atoms with E-state index in [0.717, 1.165) is 29.3 Å². The van der Waals surface area contributed by atoms with Crippen LogP contribution in [0, 0.1) is 0 Å². The quantitative estimate of drug-likeness (QED) is 0.342. The van der Waals surface area contributed by atoms with Crippen molar-refractivity contribution in [3.8, 4) is 0 Å². The van der Waals surface area contributed by atoms with E-state index in [2.05, 4.69) is 13.8 Å². The number of benzene rings is 1. The second-order valence-electron chi connectivity index (χ2n) is 4.23. The van der Waals surface area contributed by atoms with Crippen LogP contribution >= 0.6 is 5.29 Å². The van der Waals surface area contributed by atoms with E-state index in [4.69, 9.17) is 9.05 Å². The Kier molecular flexibility index (Phi) is 9.03. The molecule has 0 aromatic heterocycles. The van der Waals surface area contributed by atoms with Gasteiger partial charge < -0.3 is 0 Å². The molecular weight excluding hydrogens is 375 g/mol. The van der Waals surface area contributed by atoms with E-state index in [9.17, 15) is 4.57 Å². The molecule has 0 aliphatic carbocycles. The van der Waals surface area contributed by atoms with Crippen LogP contribution in [-0.4, -0.2) is 33.6 Å². The zero-order valence-electron chi connectivity index (χ0n) is 11.7. The second-order valence-corrected chi connectivity index (χ2v) is 12.6. The van der Waals surface area contributed by atoms with Gasteiger partial charge in [-0.15, -0.1) is 0 Å². The standard InChI is InChI=1S/C14H23O3PTe/c1-3-5-12-16-18(15,17-13-6-4-2)19-14-10-8-7-9-11-14/h7-11H,3-6,12-13H2,1-2H3. The minimum absolute atomic E-state index is 0.539. The van der Waals surface area contributed by atoms with Crippen LogP contribution in [0.4, 0.5) is 0 Å². The summed E-state index contributed by atoms with van der Waals surface area (Å²) in [6.45, 7) is 5.27. The normalized spacial score (nSPS) is 11.7. The molecule has 108 valence electrons. The third kappa shape index (κ3) is 7.49. The van der Waals surface area contributed by atoms with Gasteiger partial charge in [0.05, 0.1) is 0 Å². The Morgan fingerprint density at radius 3 is 2.00 bits per heavy atom. The number of rotatable bonds is 10. The first kappa shape index (κ1) is 17.2. The van der Waals surface area contributed by atoms with Crippen molar-refractivity contribution in [2.24, 2.45) is 0 Å². The van der Waals surface area contributed by atoms with Gasteiger partial charge in [-0.25, -0.2) is 0 Å². The van der Waals surface area contributed by atoms with E-state index in [1.54, 1.807) is 0 Å². The Morgan fingerprint density at radius 2 is 1.53 bits per heavy atom. The molecule has 0 atom stereocenters. The van der Waals surface area contributed by atoms with Gasteiger partial charge >= 0.3 is 126 Å². The summed E-state index contributed by atoms with van der Waals surface area (Å²) >= 11 is -0.949. The van der Waals surface area contributed by atoms with Gasteiger partial charge in [0.1, 0.15) is 0 Å². The first-order valence-corrected chi connectivity index (χ1v) is 12.6. The zero-order chi connectivity index (χ0) is 14.0. The predicted molar refractivity (Wildman–Crippen MR) is 81.2 cm³/mol. The van der Waals surface area contributed by atoms with E-state index in [0.29, 0.717) is 13.2 Å². The molecule has 0 bridgehead atoms. The molecule has 0 saturated heterocycles. The Hall–Kier alpha value is 0.160. The third-order valence-electron chi connectivity index (χ3n) is 2.46. The minimum atomic E-state index is -2.87. The molecule has 0 aliphatic rings. The van der Waals surface area contributed by atoms with Crippen LogP contribution in [0.25, 0.3) is 0 Å². The summed E-state index contributed by atoms with van der Waals surface area (Å²) in [5, 5.41) is -2.87. The Balaban J connectivity index is 2.59. The molecular formula is C14H23O3PTe. The summed E-state index contributed by atoms with van der Waals surface area (Å²) in [6, 6.07) is 9.95. The molecule has 0 radical (unpaired) electrons. The van der Waals surface area contributed by atoms with Gasteiger partial charge in [0, 0.05) is 0 Å². The van der Waals surface area contributed by atoms with E-state index < -0.39 is 25.7 Å². The van der Waals surface area contributed by atoms with Crippen LogP contribution in [0.1, 0.15) is 39.5 Å². The molecule has 0 saturated carbocycles. The van der Waals surface area contributed by atoms with E-state index in [1.165, 1.54) is 0 Å². The molecule has 0 amide bonds. The monoisotopic (exact) mass is 400 g/mol. The van der Waals surface area contributed by atoms with Crippen molar-refractivity contribution in [3.63, 3.8) is 0 Å². The summed E-state index contributed by atoms with van der Waals surface area (Å²) in [7, 11) is 0. The molecule has 1 aromatic carbocycles. The average Bonchev–Trinajstić information content (AvgIpc) is 2.40. The van der Waals surface area contributed by atoms with Crippen molar-refractivity contribution in [1.82, 2.24) is 0 Å². The molecule has 5 heteroatoms. The molecule has 1 aromatic rings. The molecule has 19 heavy (non-hydrogen) atoms. The maximum absolute atomic E-state index is 12.7. The van der Waals surface area contributed by atoms with Crippen LogP contribution < -0.4 is 3.61 Å². The van der Waals surface area contributed by atoms with Crippen LogP contribution in [0.2, 0.25) is 0 Å². The summed E-state index contributed by atoms with van der Waals surface area (Å²) in [6.07, 6.45) is 3.95. The van der Waals surface area contributed by atoms with Crippen molar-refractivity contribution in [1.29, 1.82) is 0 Å². The van der Waals surface area contributed by atoms with Crippen LogP contribution in [0.15, 0.2) is 30.3 Å². The van der Waals surface area contributed by atoms with Gasteiger partial charge in [0.15, 0.2) is 0 Å².